The Bertz CT molecular complexity index is 728. The molecule has 2 aliphatic rings. The van der Waals surface area contributed by atoms with E-state index in [-0.39, 0.29) is 30.6 Å². The quantitative estimate of drug-likeness (QED) is 0.460. The Balaban J connectivity index is 1.62. The van der Waals surface area contributed by atoms with E-state index in [0.29, 0.717) is 43.5 Å². The van der Waals surface area contributed by atoms with E-state index in [4.69, 9.17) is 11.2 Å². The van der Waals surface area contributed by atoms with Crippen molar-refractivity contribution in [2.45, 2.75) is 25.7 Å². The van der Waals surface area contributed by atoms with Crippen molar-refractivity contribution in [2.24, 2.45) is 5.92 Å². The van der Waals surface area contributed by atoms with Crippen LogP contribution >= 0.6 is 0 Å². The first kappa shape index (κ1) is 18.2. The predicted octanol–water partition coefficient (Wildman–Crippen LogP) is 1.84. The summed E-state index contributed by atoms with van der Waals surface area (Å²) in [4.78, 5) is 39.6. The van der Waals surface area contributed by atoms with Crippen LogP contribution in [0.5, 0.6) is 0 Å². The van der Waals surface area contributed by atoms with Crippen LogP contribution in [0.4, 0.5) is 5.69 Å². The molecule has 6 heteroatoms. The van der Waals surface area contributed by atoms with Gasteiger partial charge in [-0.1, -0.05) is 12.0 Å². The van der Waals surface area contributed by atoms with Gasteiger partial charge in [0, 0.05) is 31.5 Å². The molecule has 0 bridgehead atoms. The molecule has 0 unspecified atom stereocenters. The average Bonchev–Trinajstić information content (AvgIpc) is 3.00. The van der Waals surface area contributed by atoms with Crippen molar-refractivity contribution < 1.29 is 19.1 Å². The molecular weight excluding hydrogens is 332 g/mol. The molecule has 3 amide bonds. The highest BCUT2D eigenvalue weighted by Crippen LogP contribution is 2.25. The van der Waals surface area contributed by atoms with Gasteiger partial charge in [0.2, 0.25) is 11.8 Å². The van der Waals surface area contributed by atoms with Crippen LogP contribution in [0, 0.1) is 18.3 Å². The summed E-state index contributed by atoms with van der Waals surface area (Å²) in [7, 11) is 0. The number of terminal acetylenes is 1. The number of carbonyl (C=O) groups excluding carboxylic acids is 3. The maximum atomic E-state index is 12.8. The zero-order chi connectivity index (χ0) is 18.5. The Kier molecular flexibility index (Phi) is 5.69. The Labute approximate surface area is 153 Å². The zero-order valence-electron chi connectivity index (χ0n) is 14.6. The minimum atomic E-state index is -0.215. The summed E-state index contributed by atoms with van der Waals surface area (Å²) in [6.07, 6.45) is 7.38. The summed E-state index contributed by atoms with van der Waals surface area (Å²) < 4.78 is 5.39. The fourth-order valence-electron chi connectivity index (χ4n) is 3.41. The van der Waals surface area contributed by atoms with Gasteiger partial charge in [-0.2, -0.15) is 0 Å². The van der Waals surface area contributed by atoms with Crippen molar-refractivity contribution in [3.63, 3.8) is 0 Å². The first-order chi connectivity index (χ1) is 12.6. The van der Waals surface area contributed by atoms with E-state index < -0.39 is 0 Å². The van der Waals surface area contributed by atoms with Gasteiger partial charge in [0.1, 0.15) is 6.61 Å². The number of amides is 3. The minimum absolute atomic E-state index is 0.0751. The maximum Gasteiger partial charge on any atom is 0.253 e. The van der Waals surface area contributed by atoms with Crippen molar-refractivity contribution in [3.05, 3.63) is 29.8 Å². The van der Waals surface area contributed by atoms with E-state index in [1.807, 2.05) is 4.90 Å². The topological polar surface area (TPSA) is 66.9 Å². The molecule has 1 aromatic carbocycles. The van der Waals surface area contributed by atoms with Crippen molar-refractivity contribution in [2.75, 3.05) is 31.2 Å². The van der Waals surface area contributed by atoms with E-state index in [1.165, 1.54) is 4.90 Å². The molecule has 0 atom stereocenters. The Morgan fingerprint density at radius 1 is 1.19 bits per heavy atom. The van der Waals surface area contributed by atoms with Crippen LogP contribution in [0.15, 0.2) is 24.3 Å². The van der Waals surface area contributed by atoms with Crippen LogP contribution in [-0.4, -0.2) is 48.9 Å². The van der Waals surface area contributed by atoms with Crippen LogP contribution in [0.1, 0.15) is 36.0 Å². The number of piperidine rings is 1. The highest BCUT2D eigenvalue weighted by atomic mass is 16.5. The van der Waals surface area contributed by atoms with Gasteiger partial charge in [0.05, 0.1) is 12.3 Å². The number of ether oxygens (including phenoxy) is 1. The Morgan fingerprint density at radius 3 is 2.54 bits per heavy atom. The number of benzene rings is 1. The molecule has 1 aromatic rings. The monoisotopic (exact) mass is 354 g/mol. The highest BCUT2D eigenvalue weighted by Gasteiger charge is 2.31. The first-order valence-electron chi connectivity index (χ1n) is 8.86. The normalized spacial score (nSPS) is 18.3. The van der Waals surface area contributed by atoms with Gasteiger partial charge in [0.15, 0.2) is 0 Å². The third kappa shape index (κ3) is 3.94. The van der Waals surface area contributed by atoms with Gasteiger partial charge in [-0.25, -0.2) is 0 Å². The van der Waals surface area contributed by atoms with Crippen LogP contribution in [0.2, 0.25) is 0 Å². The van der Waals surface area contributed by atoms with E-state index in [9.17, 15) is 14.4 Å². The molecule has 2 saturated heterocycles. The Morgan fingerprint density at radius 2 is 1.88 bits per heavy atom. The van der Waals surface area contributed by atoms with Crippen LogP contribution in [-0.2, 0) is 14.3 Å². The van der Waals surface area contributed by atoms with Crippen LogP contribution in [0.3, 0.4) is 0 Å². The fourth-order valence-corrected chi connectivity index (χ4v) is 3.41. The molecule has 2 fully saturated rings. The van der Waals surface area contributed by atoms with Gasteiger partial charge in [-0.15, -0.1) is 6.42 Å². The third-order valence-electron chi connectivity index (χ3n) is 4.84. The second-order valence-electron chi connectivity index (χ2n) is 6.63. The molecule has 136 valence electrons. The summed E-state index contributed by atoms with van der Waals surface area (Å²) in [6, 6.07) is 6.75. The first-order valence-corrected chi connectivity index (χ1v) is 8.86. The number of rotatable bonds is 5. The molecule has 0 aromatic heterocycles. The number of anilines is 1. The van der Waals surface area contributed by atoms with Gasteiger partial charge < -0.3 is 9.64 Å². The lowest BCUT2D eigenvalue weighted by molar-refractivity contribution is -0.121. The van der Waals surface area contributed by atoms with E-state index >= 15 is 0 Å². The highest BCUT2D eigenvalue weighted by molar-refractivity contribution is 6.20. The average molecular weight is 354 g/mol. The summed E-state index contributed by atoms with van der Waals surface area (Å²) in [6.45, 7) is 2.27. The lowest BCUT2D eigenvalue weighted by Crippen LogP contribution is -2.39. The Hall–Kier alpha value is -2.65. The zero-order valence-corrected chi connectivity index (χ0v) is 14.6. The number of carbonyl (C=O) groups is 3. The van der Waals surface area contributed by atoms with Crippen molar-refractivity contribution >= 4 is 23.4 Å². The molecule has 26 heavy (non-hydrogen) atoms. The molecule has 0 aliphatic carbocycles. The SMILES string of the molecule is C#CCOCC1CCN(C(=O)c2cccc(N3C(=O)CCC3=O)c2)CC1. The van der Waals surface area contributed by atoms with Crippen LogP contribution in [0.25, 0.3) is 0 Å². The third-order valence-corrected chi connectivity index (χ3v) is 4.84. The van der Waals surface area contributed by atoms with Crippen LogP contribution < -0.4 is 4.90 Å². The lowest BCUT2D eigenvalue weighted by Gasteiger charge is -2.32. The summed E-state index contributed by atoms with van der Waals surface area (Å²) in [5.74, 6) is 2.36. The van der Waals surface area contributed by atoms with Crippen molar-refractivity contribution in [1.82, 2.24) is 4.90 Å². The van der Waals surface area contributed by atoms with Gasteiger partial charge >= 0.3 is 0 Å². The molecule has 0 N–H and O–H groups in total. The summed E-state index contributed by atoms with van der Waals surface area (Å²) in [5, 5.41) is 0. The molecular formula is C20H22N2O4. The molecule has 3 rings (SSSR count). The number of nitrogens with zero attached hydrogens (tertiary/aromatic N) is 2. The second-order valence-corrected chi connectivity index (χ2v) is 6.63. The number of hydrogen-bond acceptors (Lipinski definition) is 4. The number of imide groups is 1. The van der Waals surface area contributed by atoms with Gasteiger partial charge in [-0.05, 0) is 37.0 Å². The molecule has 0 saturated carbocycles. The smallest absolute Gasteiger partial charge is 0.253 e. The second kappa shape index (κ2) is 8.15. The van der Waals surface area contributed by atoms with E-state index in [1.54, 1.807) is 24.3 Å². The lowest BCUT2D eigenvalue weighted by atomic mass is 9.97. The molecule has 2 aliphatic heterocycles. The fraction of sp³-hybridized carbons (Fsp3) is 0.450. The molecule has 0 radical (unpaired) electrons. The van der Waals surface area contributed by atoms with Crippen molar-refractivity contribution in [1.29, 1.82) is 0 Å². The summed E-state index contributed by atoms with van der Waals surface area (Å²) in [5.41, 5.74) is 0.970. The number of likely N-dealkylation sites (tertiary alicyclic amines) is 1. The maximum absolute atomic E-state index is 12.8. The number of hydrogen-bond donors (Lipinski definition) is 0. The molecule has 6 nitrogen and oxygen atoms in total. The molecule has 0 spiro atoms. The van der Waals surface area contributed by atoms with E-state index in [2.05, 4.69) is 5.92 Å². The predicted molar refractivity (Wildman–Crippen MR) is 96.4 cm³/mol. The molecule has 2 heterocycles. The minimum Gasteiger partial charge on any atom is -0.369 e. The van der Waals surface area contributed by atoms with Gasteiger partial charge in [0.25, 0.3) is 5.91 Å². The van der Waals surface area contributed by atoms with E-state index in [0.717, 1.165) is 12.8 Å². The van der Waals surface area contributed by atoms with Gasteiger partial charge in [-0.3, -0.25) is 19.3 Å². The standard InChI is InChI=1S/C20H22N2O4/c1-2-12-26-14-15-8-10-21(11-9-15)20(25)16-4-3-5-17(13-16)22-18(23)6-7-19(22)24/h1,3-5,13,15H,6-12,14H2. The largest absolute Gasteiger partial charge is 0.369 e. The van der Waals surface area contributed by atoms with Crippen molar-refractivity contribution in [3.8, 4) is 12.3 Å². The summed E-state index contributed by atoms with van der Waals surface area (Å²) >= 11 is 0.